The maximum atomic E-state index is 10.9. The number of nitrogens with zero attached hydrogens (tertiary/aromatic N) is 1. The lowest BCUT2D eigenvalue weighted by atomic mass is 10.3. The summed E-state index contributed by atoms with van der Waals surface area (Å²) in [5.74, 6) is -0.880. The minimum atomic E-state index is -0.440. The average Bonchev–Trinajstić information content (AvgIpc) is 2.02. The number of hydrogen-bond donors (Lipinski definition) is 0. The Hall–Kier alpha value is -0.550. The van der Waals surface area contributed by atoms with Crippen LogP contribution in [0.5, 0.6) is 0 Å². The molecule has 0 spiro atoms. The Bertz CT molecular complexity index is 203. The molecule has 0 aromatic heterocycles. The number of morpholine rings is 1. The van der Waals surface area contributed by atoms with Crippen LogP contribution in [0.2, 0.25) is 0 Å². The highest BCUT2D eigenvalue weighted by Crippen LogP contribution is 2.09. The van der Waals surface area contributed by atoms with Crippen molar-refractivity contribution in [1.82, 2.24) is 4.90 Å². The first-order valence-electron chi connectivity index (χ1n) is 4.10. The summed E-state index contributed by atoms with van der Waals surface area (Å²) in [6.07, 6.45) is 2.01. The molecule has 0 aromatic rings. The number of esters is 2. The van der Waals surface area contributed by atoms with Gasteiger partial charge in [-0.25, -0.2) is 0 Å². The molecule has 1 heterocycles. The quantitative estimate of drug-likeness (QED) is 0.482. The molecule has 0 N–H and O–H groups in total. The molecule has 5 heteroatoms. The van der Waals surface area contributed by atoms with Gasteiger partial charge in [0, 0.05) is 11.8 Å². The summed E-state index contributed by atoms with van der Waals surface area (Å²) in [6, 6.07) is 0. The van der Waals surface area contributed by atoms with Crippen LogP contribution in [0, 0.1) is 0 Å². The van der Waals surface area contributed by atoms with E-state index >= 15 is 0 Å². The second-order valence-corrected chi connectivity index (χ2v) is 4.34. The molecule has 13 heavy (non-hydrogen) atoms. The lowest BCUT2D eigenvalue weighted by Gasteiger charge is -2.25. The van der Waals surface area contributed by atoms with Gasteiger partial charge in [0.05, 0.1) is 13.1 Å². The van der Waals surface area contributed by atoms with Gasteiger partial charge >= 0.3 is 11.9 Å². The minimum Gasteiger partial charge on any atom is -0.391 e. The van der Waals surface area contributed by atoms with Gasteiger partial charge in [-0.05, 0) is 6.26 Å². The molecule has 1 atom stereocenters. The van der Waals surface area contributed by atoms with Gasteiger partial charge in [-0.15, -0.1) is 0 Å². The summed E-state index contributed by atoms with van der Waals surface area (Å²) < 4.78 is 4.41. The molecule has 1 aliphatic rings. The van der Waals surface area contributed by atoms with Crippen LogP contribution in [0.4, 0.5) is 0 Å². The Labute approximate surface area is 81.6 Å². The van der Waals surface area contributed by atoms with Gasteiger partial charge in [-0.2, -0.15) is 11.8 Å². The van der Waals surface area contributed by atoms with Gasteiger partial charge < -0.3 is 4.74 Å². The molecule has 0 radical (unpaired) electrons. The Kier molecular flexibility index (Phi) is 3.74. The standard InChI is InChI=1S/C8H13NO3S/c1-6(13-2)3-9-4-7(10)12-8(11)5-9/h6H,3-5H2,1-2H3. The van der Waals surface area contributed by atoms with E-state index in [1.54, 1.807) is 11.8 Å². The van der Waals surface area contributed by atoms with Crippen molar-refractivity contribution in [2.24, 2.45) is 0 Å². The van der Waals surface area contributed by atoms with E-state index in [-0.39, 0.29) is 13.1 Å². The van der Waals surface area contributed by atoms with Crippen molar-refractivity contribution < 1.29 is 14.3 Å². The molecule has 0 amide bonds. The molecule has 1 aliphatic heterocycles. The minimum absolute atomic E-state index is 0.233. The van der Waals surface area contributed by atoms with Crippen LogP contribution in [0.25, 0.3) is 0 Å². The first kappa shape index (κ1) is 10.5. The van der Waals surface area contributed by atoms with Crippen molar-refractivity contribution in [3.8, 4) is 0 Å². The van der Waals surface area contributed by atoms with Crippen molar-refractivity contribution >= 4 is 23.7 Å². The third-order valence-corrected chi connectivity index (χ3v) is 2.80. The molecular formula is C8H13NO3S. The fraction of sp³-hybridized carbons (Fsp3) is 0.750. The fourth-order valence-corrected chi connectivity index (χ4v) is 1.54. The van der Waals surface area contributed by atoms with Gasteiger partial charge in [-0.3, -0.25) is 14.5 Å². The number of cyclic esters (lactones) is 2. The summed E-state index contributed by atoms with van der Waals surface area (Å²) in [5, 5.41) is 0.429. The molecule has 74 valence electrons. The summed E-state index contributed by atoms with van der Waals surface area (Å²) >= 11 is 1.72. The van der Waals surface area contributed by atoms with Crippen LogP contribution in [0.1, 0.15) is 6.92 Å². The lowest BCUT2D eigenvalue weighted by molar-refractivity contribution is -0.166. The third kappa shape index (κ3) is 3.36. The van der Waals surface area contributed by atoms with E-state index in [4.69, 9.17) is 0 Å². The Morgan fingerprint density at radius 3 is 2.46 bits per heavy atom. The van der Waals surface area contributed by atoms with Crippen molar-refractivity contribution in [2.75, 3.05) is 25.9 Å². The number of ether oxygens (including phenoxy) is 1. The second kappa shape index (κ2) is 4.62. The molecule has 4 nitrogen and oxygen atoms in total. The van der Waals surface area contributed by atoms with Crippen LogP contribution >= 0.6 is 11.8 Å². The van der Waals surface area contributed by atoms with Crippen molar-refractivity contribution in [3.05, 3.63) is 0 Å². The monoisotopic (exact) mass is 203 g/mol. The van der Waals surface area contributed by atoms with E-state index in [0.29, 0.717) is 5.25 Å². The van der Waals surface area contributed by atoms with E-state index in [1.165, 1.54) is 0 Å². The highest BCUT2D eigenvalue weighted by molar-refractivity contribution is 7.99. The normalized spacial score (nSPS) is 21.4. The molecular weight excluding hydrogens is 190 g/mol. The van der Waals surface area contributed by atoms with Crippen LogP contribution in [-0.2, 0) is 14.3 Å². The van der Waals surface area contributed by atoms with Crippen LogP contribution in [0.15, 0.2) is 0 Å². The lowest BCUT2D eigenvalue weighted by Crippen LogP contribution is -2.45. The topological polar surface area (TPSA) is 46.6 Å². The van der Waals surface area contributed by atoms with Gasteiger partial charge in [0.15, 0.2) is 0 Å². The predicted octanol–water partition coefficient (Wildman–Crippen LogP) is 0.123. The molecule has 1 saturated heterocycles. The third-order valence-electron chi connectivity index (χ3n) is 1.85. The zero-order valence-corrected chi connectivity index (χ0v) is 8.60. The van der Waals surface area contributed by atoms with Crippen LogP contribution in [-0.4, -0.2) is 48.0 Å². The van der Waals surface area contributed by atoms with Gasteiger partial charge in [0.1, 0.15) is 0 Å². The number of carbonyl (C=O) groups is 2. The molecule has 1 fully saturated rings. The average molecular weight is 203 g/mol. The van der Waals surface area contributed by atoms with Gasteiger partial charge in [0.25, 0.3) is 0 Å². The summed E-state index contributed by atoms with van der Waals surface area (Å²) in [7, 11) is 0. The van der Waals surface area contributed by atoms with Crippen LogP contribution in [0.3, 0.4) is 0 Å². The fourth-order valence-electron chi connectivity index (χ4n) is 1.18. The van der Waals surface area contributed by atoms with Crippen LogP contribution < -0.4 is 0 Å². The Morgan fingerprint density at radius 2 is 2.00 bits per heavy atom. The predicted molar refractivity (Wildman–Crippen MR) is 50.5 cm³/mol. The molecule has 0 aromatic carbocycles. The largest absolute Gasteiger partial charge is 0.391 e. The summed E-state index contributed by atoms with van der Waals surface area (Å²) in [4.78, 5) is 23.5. The first-order chi connectivity index (χ1) is 6.11. The van der Waals surface area contributed by atoms with Crippen molar-refractivity contribution in [1.29, 1.82) is 0 Å². The van der Waals surface area contributed by atoms with E-state index in [0.717, 1.165) is 6.54 Å². The smallest absolute Gasteiger partial charge is 0.327 e. The highest BCUT2D eigenvalue weighted by Gasteiger charge is 2.25. The number of rotatable bonds is 3. The second-order valence-electron chi connectivity index (χ2n) is 3.06. The number of thioether (sulfide) groups is 1. The van der Waals surface area contributed by atoms with Gasteiger partial charge in [0.2, 0.25) is 0 Å². The van der Waals surface area contributed by atoms with Crippen molar-refractivity contribution in [2.45, 2.75) is 12.2 Å². The molecule has 0 saturated carbocycles. The molecule has 0 bridgehead atoms. The van der Waals surface area contributed by atoms with E-state index in [1.807, 2.05) is 11.2 Å². The molecule has 1 unspecified atom stereocenters. The maximum absolute atomic E-state index is 10.9. The first-order valence-corrected chi connectivity index (χ1v) is 5.39. The summed E-state index contributed by atoms with van der Waals surface area (Å²) in [6.45, 7) is 3.28. The summed E-state index contributed by atoms with van der Waals surface area (Å²) in [5.41, 5.74) is 0. The Balaban J connectivity index is 2.41. The van der Waals surface area contributed by atoms with E-state index in [9.17, 15) is 9.59 Å². The molecule has 1 rings (SSSR count). The van der Waals surface area contributed by atoms with E-state index in [2.05, 4.69) is 11.7 Å². The SMILES string of the molecule is CSC(C)CN1CC(=O)OC(=O)C1. The zero-order valence-electron chi connectivity index (χ0n) is 7.78. The van der Waals surface area contributed by atoms with Crippen molar-refractivity contribution in [3.63, 3.8) is 0 Å². The van der Waals surface area contributed by atoms with Gasteiger partial charge in [-0.1, -0.05) is 6.92 Å². The highest BCUT2D eigenvalue weighted by atomic mass is 32.2. The van der Waals surface area contributed by atoms with E-state index < -0.39 is 11.9 Å². The zero-order chi connectivity index (χ0) is 9.84. The molecule has 0 aliphatic carbocycles. The number of carbonyl (C=O) groups excluding carboxylic acids is 2. The Morgan fingerprint density at radius 1 is 1.46 bits per heavy atom. The maximum Gasteiger partial charge on any atom is 0.327 e. The number of hydrogen-bond acceptors (Lipinski definition) is 5.